The van der Waals surface area contributed by atoms with Gasteiger partial charge in [0.15, 0.2) is 0 Å². The first-order valence-electron chi connectivity index (χ1n) is 10.3. The van der Waals surface area contributed by atoms with E-state index in [0.29, 0.717) is 6.42 Å². The number of nitrogens with one attached hydrogen (secondary N) is 1. The summed E-state index contributed by atoms with van der Waals surface area (Å²) in [6.07, 6.45) is 20.2. The monoisotopic (exact) mass is 358 g/mol. The van der Waals surface area contributed by atoms with Crippen molar-refractivity contribution in [1.82, 2.24) is 5.32 Å². The molecule has 0 saturated heterocycles. The van der Waals surface area contributed by atoms with Crippen molar-refractivity contribution in [2.75, 3.05) is 18.2 Å². The lowest BCUT2D eigenvalue weighted by molar-refractivity contribution is -0.117. The predicted molar refractivity (Wildman–Crippen MR) is 109 cm³/mol. The summed E-state index contributed by atoms with van der Waals surface area (Å²) in [4.78, 5) is 10.6. The predicted octanol–water partition coefficient (Wildman–Crippen LogP) is 5.62. The summed E-state index contributed by atoms with van der Waals surface area (Å²) in [5.74, 6) is 1.57. The van der Waals surface area contributed by atoms with Crippen LogP contribution in [0.5, 0.6) is 0 Å². The van der Waals surface area contributed by atoms with Gasteiger partial charge in [-0.1, -0.05) is 90.4 Å². The average Bonchev–Trinajstić information content (AvgIpc) is 2.56. The number of thioether (sulfide) groups is 1. The standard InChI is InChI=1S/C20H42N2OS/c1-2-3-4-5-6-7-8-9-10-11-12-13-14-15-17-22-19-24-18-16-20(21)23/h22H,2-19H2,1H3,(H2,21,23). The van der Waals surface area contributed by atoms with E-state index >= 15 is 0 Å². The number of amides is 1. The molecule has 0 fully saturated rings. The molecule has 144 valence electrons. The lowest BCUT2D eigenvalue weighted by Gasteiger charge is -2.05. The molecular weight excluding hydrogens is 316 g/mol. The third-order valence-electron chi connectivity index (χ3n) is 4.40. The lowest BCUT2D eigenvalue weighted by Crippen LogP contribution is -2.16. The van der Waals surface area contributed by atoms with Gasteiger partial charge in [-0.05, 0) is 13.0 Å². The molecule has 0 aliphatic carbocycles. The Morgan fingerprint density at radius 1 is 0.792 bits per heavy atom. The average molecular weight is 359 g/mol. The van der Waals surface area contributed by atoms with Gasteiger partial charge in [0.1, 0.15) is 0 Å². The smallest absolute Gasteiger partial charge is 0.218 e. The first-order chi connectivity index (χ1) is 11.8. The van der Waals surface area contributed by atoms with Crippen molar-refractivity contribution in [2.45, 2.75) is 103 Å². The molecule has 0 atom stereocenters. The van der Waals surface area contributed by atoms with Crippen molar-refractivity contribution in [3.8, 4) is 0 Å². The van der Waals surface area contributed by atoms with Crippen LogP contribution in [0.15, 0.2) is 0 Å². The molecule has 3 nitrogen and oxygen atoms in total. The van der Waals surface area contributed by atoms with Crippen molar-refractivity contribution in [3.05, 3.63) is 0 Å². The Balaban J connectivity index is 2.97. The van der Waals surface area contributed by atoms with E-state index in [1.807, 2.05) is 0 Å². The maximum absolute atomic E-state index is 10.6. The molecule has 0 bridgehead atoms. The minimum absolute atomic E-state index is 0.200. The van der Waals surface area contributed by atoms with Gasteiger partial charge < -0.3 is 11.1 Å². The number of unbranched alkanes of at least 4 members (excludes halogenated alkanes) is 13. The molecule has 0 rings (SSSR count). The van der Waals surface area contributed by atoms with E-state index in [-0.39, 0.29) is 5.91 Å². The van der Waals surface area contributed by atoms with Crippen molar-refractivity contribution in [1.29, 1.82) is 0 Å². The van der Waals surface area contributed by atoms with Crippen LogP contribution in [0.3, 0.4) is 0 Å². The topological polar surface area (TPSA) is 55.1 Å². The third kappa shape index (κ3) is 21.8. The molecule has 0 aromatic carbocycles. The Labute approximate surface area is 155 Å². The number of carbonyl (C=O) groups is 1. The molecule has 0 saturated carbocycles. The van der Waals surface area contributed by atoms with Gasteiger partial charge in [-0.15, -0.1) is 11.8 Å². The summed E-state index contributed by atoms with van der Waals surface area (Å²) in [5.41, 5.74) is 5.10. The van der Waals surface area contributed by atoms with Gasteiger partial charge in [0, 0.05) is 18.1 Å². The van der Waals surface area contributed by atoms with E-state index < -0.39 is 0 Å². The fraction of sp³-hybridized carbons (Fsp3) is 0.950. The van der Waals surface area contributed by atoms with Crippen LogP contribution in [0.2, 0.25) is 0 Å². The second-order valence-electron chi connectivity index (χ2n) is 6.87. The molecule has 1 amide bonds. The normalized spacial score (nSPS) is 11.0. The molecule has 0 spiro atoms. The van der Waals surface area contributed by atoms with Gasteiger partial charge >= 0.3 is 0 Å². The largest absolute Gasteiger partial charge is 0.370 e. The Kier molecular flexibility index (Phi) is 20.6. The molecule has 0 radical (unpaired) electrons. The summed E-state index contributed by atoms with van der Waals surface area (Å²) in [5, 5.41) is 3.41. The van der Waals surface area contributed by atoms with Crippen LogP contribution in [-0.4, -0.2) is 24.1 Å². The summed E-state index contributed by atoms with van der Waals surface area (Å²) in [6, 6.07) is 0. The van der Waals surface area contributed by atoms with Gasteiger partial charge in [-0.25, -0.2) is 0 Å². The van der Waals surface area contributed by atoms with Crippen LogP contribution in [0.25, 0.3) is 0 Å². The highest BCUT2D eigenvalue weighted by atomic mass is 32.2. The van der Waals surface area contributed by atoms with Crippen LogP contribution in [0.1, 0.15) is 103 Å². The molecule has 3 N–H and O–H groups in total. The van der Waals surface area contributed by atoms with Gasteiger partial charge in [-0.3, -0.25) is 4.79 Å². The fourth-order valence-corrected chi connectivity index (χ4v) is 3.61. The maximum atomic E-state index is 10.6. The van der Waals surface area contributed by atoms with E-state index in [2.05, 4.69) is 12.2 Å². The number of hydrogen-bond donors (Lipinski definition) is 2. The van der Waals surface area contributed by atoms with Crippen LogP contribution < -0.4 is 11.1 Å². The summed E-state index contributed by atoms with van der Waals surface area (Å²) < 4.78 is 0. The Morgan fingerprint density at radius 2 is 1.25 bits per heavy atom. The maximum Gasteiger partial charge on any atom is 0.218 e. The fourth-order valence-electron chi connectivity index (χ4n) is 2.83. The van der Waals surface area contributed by atoms with Crippen LogP contribution in [0, 0.1) is 0 Å². The molecular formula is C20H42N2OS. The third-order valence-corrected chi connectivity index (χ3v) is 5.31. The molecule has 4 heteroatoms. The van der Waals surface area contributed by atoms with E-state index in [9.17, 15) is 4.79 Å². The number of nitrogens with two attached hydrogens (primary N) is 1. The van der Waals surface area contributed by atoms with Crippen LogP contribution >= 0.6 is 11.8 Å². The van der Waals surface area contributed by atoms with Crippen molar-refractivity contribution >= 4 is 17.7 Å². The number of carbonyl (C=O) groups excluding carboxylic acids is 1. The molecule has 0 aromatic heterocycles. The van der Waals surface area contributed by atoms with Gasteiger partial charge in [0.25, 0.3) is 0 Å². The van der Waals surface area contributed by atoms with Crippen molar-refractivity contribution < 1.29 is 4.79 Å². The van der Waals surface area contributed by atoms with Gasteiger partial charge in [0.05, 0.1) is 0 Å². The second kappa shape index (κ2) is 20.8. The van der Waals surface area contributed by atoms with E-state index in [0.717, 1.165) is 18.2 Å². The molecule has 24 heavy (non-hydrogen) atoms. The van der Waals surface area contributed by atoms with E-state index in [1.54, 1.807) is 11.8 Å². The highest BCUT2D eigenvalue weighted by Gasteiger charge is 1.95. The summed E-state index contributed by atoms with van der Waals surface area (Å²) >= 11 is 1.76. The van der Waals surface area contributed by atoms with E-state index in [4.69, 9.17) is 5.73 Å². The van der Waals surface area contributed by atoms with E-state index in [1.165, 1.54) is 89.9 Å². The summed E-state index contributed by atoms with van der Waals surface area (Å²) in [7, 11) is 0. The van der Waals surface area contributed by atoms with Crippen molar-refractivity contribution in [3.63, 3.8) is 0 Å². The number of rotatable bonds is 20. The molecule has 0 aliphatic heterocycles. The minimum atomic E-state index is -0.200. The first kappa shape index (κ1) is 23.8. The molecule has 0 heterocycles. The molecule has 0 aromatic rings. The SMILES string of the molecule is CCCCCCCCCCCCCCCCNCSCCC(N)=O. The zero-order valence-electron chi connectivity index (χ0n) is 16.1. The van der Waals surface area contributed by atoms with Gasteiger partial charge in [-0.2, -0.15) is 0 Å². The Morgan fingerprint density at radius 3 is 1.71 bits per heavy atom. The summed E-state index contributed by atoms with van der Waals surface area (Å²) in [6.45, 7) is 3.38. The zero-order chi connectivity index (χ0) is 17.7. The van der Waals surface area contributed by atoms with Crippen molar-refractivity contribution in [2.24, 2.45) is 5.73 Å². The minimum Gasteiger partial charge on any atom is -0.370 e. The first-order valence-corrected chi connectivity index (χ1v) is 11.5. The number of hydrogen-bond acceptors (Lipinski definition) is 3. The highest BCUT2D eigenvalue weighted by Crippen LogP contribution is 2.12. The lowest BCUT2D eigenvalue weighted by atomic mass is 10.0. The molecule has 0 aliphatic rings. The Bertz CT molecular complexity index is 262. The quantitative estimate of drug-likeness (QED) is 0.219. The van der Waals surface area contributed by atoms with Crippen LogP contribution in [0.4, 0.5) is 0 Å². The second-order valence-corrected chi connectivity index (χ2v) is 7.97. The number of primary amides is 1. The Hall–Kier alpha value is -0.220. The van der Waals surface area contributed by atoms with Crippen LogP contribution in [-0.2, 0) is 4.79 Å². The van der Waals surface area contributed by atoms with Gasteiger partial charge in [0.2, 0.25) is 5.91 Å². The molecule has 0 unspecified atom stereocenters. The zero-order valence-corrected chi connectivity index (χ0v) is 16.9. The highest BCUT2D eigenvalue weighted by molar-refractivity contribution is 7.99.